The third-order valence-electron chi connectivity index (χ3n) is 7.57. The Morgan fingerprint density at radius 1 is 1.17 bits per heavy atom. The molecule has 4 bridgehead atoms. The minimum atomic E-state index is -3.66. The number of aromatic nitrogens is 1. The van der Waals surface area contributed by atoms with Gasteiger partial charge in [-0.1, -0.05) is 12.5 Å². The van der Waals surface area contributed by atoms with Gasteiger partial charge in [0.15, 0.2) is 0 Å². The molecule has 188 valence electrons. The van der Waals surface area contributed by atoms with E-state index in [1.54, 1.807) is 24.3 Å². The summed E-state index contributed by atoms with van der Waals surface area (Å²) in [5.74, 6) is 0.567. The van der Waals surface area contributed by atoms with Crippen LogP contribution >= 0.6 is 0 Å². The van der Waals surface area contributed by atoms with Crippen LogP contribution in [0.5, 0.6) is 0 Å². The average Bonchev–Trinajstić information content (AvgIpc) is 3.60. The van der Waals surface area contributed by atoms with Gasteiger partial charge in [0.1, 0.15) is 11.5 Å². The molecule has 1 saturated carbocycles. The standard InChI is InChI=1S/C25H33N5O4S/c31-14-15-35(33,34)29-19-7-8-20-22(16-19)30-13-11-25(9-10-25)18(17-30)4-1-2-12-26-23-6-3-5-21(27-23)24(32)28-20/h3,5-8,16,18,29,31H,1-2,4,9-15,17H2,(H,26,27)(H,28,32). The van der Waals surface area contributed by atoms with E-state index in [1.165, 1.54) is 12.8 Å². The van der Waals surface area contributed by atoms with Crippen molar-refractivity contribution < 1.29 is 18.3 Å². The van der Waals surface area contributed by atoms with E-state index in [1.807, 2.05) is 12.1 Å². The number of nitrogens with one attached hydrogen (secondary N) is 3. The molecule has 1 amide bonds. The van der Waals surface area contributed by atoms with Crippen LogP contribution in [0.15, 0.2) is 36.4 Å². The van der Waals surface area contributed by atoms with Gasteiger partial charge in [0.05, 0.1) is 29.4 Å². The summed E-state index contributed by atoms with van der Waals surface area (Å²) in [6.07, 6.45) is 6.98. The molecule has 2 fully saturated rings. The quantitative estimate of drug-likeness (QED) is 0.509. The average molecular weight is 500 g/mol. The van der Waals surface area contributed by atoms with E-state index >= 15 is 0 Å². The molecule has 3 heterocycles. The number of nitrogens with zero attached hydrogens (tertiary/aromatic N) is 2. The van der Waals surface area contributed by atoms with E-state index < -0.39 is 16.6 Å². The second-order valence-corrected chi connectivity index (χ2v) is 11.8. The van der Waals surface area contributed by atoms with Gasteiger partial charge in [-0.05, 0) is 73.8 Å². The maximum atomic E-state index is 13.1. The molecule has 9 nitrogen and oxygen atoms in total. The predicted octanol–water partition coefficient (Wildman–Crippen LogP) is 3.27. The Bertz CT molecular complexity index is 1200. The van der Waals surface area contributed by atoms with Crippen LogP contribution < -0.4 is 20.3 Å². The van der Waals surface area contributed by atoms with Crippen LogP contribution in [0.2, 0.25) is 0 Å². The molecule has 10 heteroatoms. The van der Waals surface area contributed by atoms with Gasteiger partial charge in [0.2, 0.25) is 10.0 Å². The zero-order valence-corrected chi connectivity index (χ0v) is 20.6. The first-order valence-corrected chi connectivity index (χ1v) is 14.1. The maximum absolute atomic E-state index is 13.1. The highest BCUT2D eigenvalue weighted by Gasteiger charge is 2.51. The van der Waals surface area contributed by atoms with E-state index in [4.69, 9.17) is 5.11 Å². The van der Waals surface area contributed by atoms with Crippen LogP contribution in [-0.2, 0) is 10.0 Å². The van der Waals surface area contributed by atoms with Crippen molar-refractivity contribution >= 4 is 38.8 Å². The lowest BCUT2D eigenvalue weighted by Gasteiger charge is -2.41. The number of benzene rings is 1. The number of rotatable bonds is 4. The molecule has 2 aromatic rings. The Morgan fingerprint density at radius 2 is 2.03 bits per heavy atom. The van der Waals surface area contributed by atoms with Gasteiger partial charge in [-0.2, -0.15) is 0 Å². The van der Waals surface area contributed by atoms with Gasteiger partial charge in [-0.15, -0.1) is 0 Å². The maximum Gasteiger partial charge on any atom is 0.274 e. The van der Waals surface area contributed by atoms with Crippen molar-refractivity contribution in [1.82, 2.24) is 4.98 Å². The van der Waals surface area contributed by atoms with Crippen LogP contribution in [-0.4, -0.2) is 56.4 Å². The Hall–Kier alpha value is -2.85. The summed E-state index contributed by atoms with van der Waals surface area (Å²) < 4.78 is 27.1. The normalized spacial score (nSPS) is 21.7. The molecule has 3 aliphatic rings. The summed E-state index contributed by atoms with van der Waals surface area (Å²) in [5.41, 5.74) is 2.59. The Morgan fingerprint density at radius 3 is 2.83 bits per heavy atom. The number of anilines is 4. The van der Waals surface area contributed by atoms with E-state index in [-0.39, 0.29) is 11.7 Å². The van der Waals surface area contributed by atoms with Crippen molar-refractivity contribution in [2.75, 3.05) is 52.2 Å². The summed E-state index contributed by atoms with van der Waals surface area (Å²) in [6, 6.07) is 10.5. The lowest BCUT2D eigenvalue weighted by Crippen LogP contribution is -2.42. The molecule has 1 atom stereocenters. The monoisotopic (exact) mass is 499 g/mol. The van der Waals surface area contributed by atoms with Crippen molar-refractivity contribution in [2.45, 2.75) is 38.5 Å². The number of carbonyl (C=O) groups is 1. The molecule has 1 spiro atoms. The third-order valence-corrected chi connectivity index (χ3v) is 8.83. The molecule has 1 aromatic heterocycles. The second kappa shape index (κ2) is 9.66. The first-order chi connectivity index (χ1) is 16.9. The highest BCUT2D eigenvalue weighted by molar-refractivity contribution is 7.92. The number of aliphatic hydroxyl groups excluding tert-OH is 1. The number of amides is 1. The fourth-order valence-corrected chi connectivity index (χ4v) is 6.27. The fourth-order valence-electron chi connectivity index (χ4n) is 5.44. The molecular formula is C25H33N5O4S. The fraction of sp³-hybridized carbons (Fsp3) is 0.520. The lowest BCUT2D eigenvalue weighted by molar-refractivity contribution is 0.102. The highest BCUT2D eigenvalue weighted by Crippen LogP contribution is 2.58. The zero-order valence-electron chi connectivity index (χ0n) is 19.8. The van der Waals surface area contributed by atoms with Crippen molar-refractivity contribution in [1.29, 1.82) is 0 Å². The lowest BCUT2D eigenvalue weighted by atomic mass is 9.79. The molecule has 1 aromatic carbocycles. The molecule has 1 aliphatic carbocycles. The minimum Gasteiger partial charge on any atom is -0.395 e. The molecule has 1 unspecified atom stereocenters. The number of fused-ring (bicyclic) bond motifs is 7. The topological polar surface area (TPSA) is 124 Å². The smallest absolute Gasteiger partial charge is 0.274 e. The van der Waals surface area contributed by atoms with Gasteiger partial charge in [-0.25, -0.2) is 13.4 Å². The Kier molecular flexibility index (Phi) is 6.59. The number of hydrogen-bond donors (Lipinski definition) is 4. The van der Waals surface area contributed by atoms with E-state index in [0.717, 1.165) is 51.0 Å². The van der Waals surface area contributed by atoms with Gasteiger partial charge in [0.25, 0.3) is 5.91 Å². The minimum absolute atomic E-state index is 0.314. The highest BCUT2D eigenvalue weighted by atomic mass is 32.2. The zero-order chi connectivity index (χ0) is 24.5. The SMILES string of the molecule is O=C1Nc2ccc(NS(=O)(=O)CCO)cc2N2CCC3(CC3)C(CCCCNc3cccc1n3)C2. The van der Waals surface area contributed by atoms with Gasteiger partial charge >= 0.3 is 0 Å². The summed E-state index contributed by atoms with van der Waals surface area (Å²) in [4.78, 5) is 19.9. The van der Waals surface area contributed by atoms with Crippen LogP contribution in [0.4, 0.5) is 22.9 Å². The second-order valence-electron chi connectivity index (χ2n) is 9.92. The number of sulfonamides is 1. The molecule has 1 saturated heterocycles. The largest absolute Gasteiger partial charge is 0.395 e. The van der Waals surface area contributed by atoms with E-state index in [0.29, 0.717) is 34.2 Å². The molecule has 2 aliphatic heterocycles. The molecule has 5 rings (SSSR count). The van der Waals surface area contributed by atoms with Gasteiger partial charge in [-0.3, -0.25) is 9.52 Å². The van der Waals surface area contributed by atoms with E-state index in [9.17, 15) is 13.2 Å². The van der Waals surface area contributed by atoms with Gasteiger partial charge in [0, 0.05) is 19.6 Å². The van der Waals surface area contributed by atoms with Crippen molar-refractivity contribution in [2.24, 2.45) is 11.3 Å². The van der Waals surface area contributed by atoms with Gasteiger partial charge < -0.3 is 20.6 Å². The number of pyridine rings is 1. The summed E-state index contributed by atoms with van der Waals surface area (Å²) in [6.45, 7) is 2.11. The molecule has 4 N–H and O–H groups in total. The molecule has 0 radical (unpaired) electrons. The molecule has 35 heavy (non-hydrogen) atoms. The summed E-state index contributed by atoms with van der Waals surface area (Å²) in [5, 5.41) is 15.4. The number of piperidine rings is 1. The molecular weight excluding hydrogens is 466 g/mol. The van der Waals surface area contributed by atoms with Crippen molar-refractivity contribution in [3.8, 4) is 0 Å². The first kappa shape index (κ1) is 23.9. The summed E-state index contributed by atoms with van der Waals surface area (Å²) >= 11 is 0. The summed E-state index contributed by atoms with van der Waals surface area (Å²) in [7, 11) is -3.66. The number of aliphatic hydroxyl groups is 1. The van der Waals surface area contributed by atoms with Crippen LogP contribution in [0.25, 0.3) is 0 Å². The first-order valence-electron chi connectivity index (χ1n) is 12.4. The van der Waals surface area contributed by atoms with Crippen molar-refractivity contribution in [3.63, 3.8) is 0 Å². The van der Waals surface area contributed by atoms with Crippen molar-refractivity contribution in [3.05, 3.63) is 42.1 Å². The Balaban J connectivity index is 1.50. The van der Waals surface area contributed by atoms with Crippen LogP contribution in [0.3, 0.4) is 0 Å². The third kappa shape index (κ3) is 5.38. The Labute approximate surface area is 206 Å². The predicted molar refractivity (Wildman–Crippen MR) is 137 cm³/mol. The number of hydrogen-bond acceptors (Lipinski definition) is 7. The van der Waals surface area contributed by atoms with E-state index in [2.05, 4.69) is 25.2 Å². The van der Waals surface area contributed by atoms with Crippen LogP contribution in [0, 0.1) is 11.3 Å². The number of carbonyl (C=O) groups excluding carboxylic acids is 1. The van der Waals surface area contributed by atoms with Crippen LogP contribution in [0.1, 0.15) is 49.0 Å².